The summed E-state index contributed by atoms with van der Waals surface area (Å²) in [6.45, 7) is 10.0. The molecule has 4 heteroatoms. The SMILES string of the molecule is CCC/C=C\C(C)NCC/C=N\N1CN=C(C)C=C1C. The first kappa shape index (κ1) is 16.6. The summed E-state index contributed by atoms with van der Waals surface area (Å²) in [5.74, 6) is 0. The predicted octanol–water partition coefficient (Wildman–Crippen LogP) is 3.33. The lowest BCUT2D eigenvalue weighted by molar-refractivity contribution is 0.374. The Balaban J connectivity index is 2.18. The quantitative estimate of drug-likeness (QED) is 0.419. The maximum absolute atomic E-state index is 4.45. The summed E-state index contributed by atoms with van der Waals surface area (Å²) in [5, 5.41) is 9.83. The van der Waals surface area contributed by atoms with Crippen LogP contribution in [-0.4, -0.2) is 36.2 Å². The van der Waals surface area contributed by atoms with E-state index in [4.69, 9.17) is 0 Å². The Morgan fingerprint density at radius 1 is 1.45 bits per heavy atom. The number of allylic oxidation sites excluding steroid dienone is 3. The highest BCUT2D eigenvalue weighted by atomic mass is 15.5. The van der Waals surface area contributed by atoms with Gasteiger partial charge in [-0.3, -0.25) is 4.99 Å². The van der Waals surface area contributed by atoms with Crippen LogP contribution in [0.25, 0.3) is 0 Å². The van der Waals surface area contributed by atoms with E-state index in [1.165, 1.54) is 6.42 Å². The summed E-state index contributed by atoms with van der Waals surface area (Å²) >= 11 is 0. The Morgan fingerprint density at radius 2 is 2.25 bits per heavy atom. The van der Waals surface area contributed by atoms with Crippen LogP contribution < -0.4 is 5.32 Å². The minimum atomic E-state index is 0.429. The highest BCUT2D eigenvalue weighted by molar-refractivity contribution is 5.93. The van der Waals surface area contributed by atoms with E-state index in [1.807, 2.05) is 18.1 Å². The van der Waals surface area contributed by atoms with Gasteiger partial charge in [-0.15, -0.1) is 0 Å². The maximum atomic E-state index is 4.45. The molecule has 1 aliphatic rings. The molecule has 0 bridgehead atoms. The van der Waals surface area contributed by atoms with Crippen molar-refractivity contribution in [3.05, 3.63) is 23.9 Å². The van der Waals surface area contributed by atoms with Gasteiger partial charge in [-0.05, 0) is 39.7 Å². The molecular weight excluding hydrogens is 248 g/mol. The molecule has 0 amide bonds. The number of hydrogen-bond donors (Lipinski definition) is 1. The zero-order chi connectivity index (χ0) is 14.8. The summed E-state index contributed by atoms with van der Waals surface area (Å²) in [6, 6.07) is 0.429. The standard InChI is InChI=1S/C16H28N4/c1-5-6-7-9-14(2)17-10-8-11-19-20-13-18-15(3)12-16(20)4/h7,9,11-12,14,17H,5-6,8,10,13H2,1-4H3/b9-7-,19-11-. The third kappa shape index (κ3) is 6.66. The summed E-state index contributed by atoms with van der Waals surface area (Å²) in [6.07, 6.45) is 11.8. The molecule has 1 unspecified atom stereocenters. The van der Waals surface area contributed by atoms with Gasteiger partial charge in [-0.2, -0.15) is 5.10 Å². The van der Waals surface area contributed by atoms with E-state index in [9.17, 15) is 0 Å². The Bertz CT molecular complexity index is 393. The van der Waals surface area contributed by atoms with E-state index < -0.39 is 0 Å². The van der Waals surface area contributed by atoms with Crippen molar-refractivity contribution in [2.24, 2.45) is 10.1 Å². The van der Waals surface area contributed by atoms with E-state index >= 15 is 0 Å². The van der Waals surface area contributed by atoms with Gasteiger partial charge in [0.1, 0.15) is 6.67 Å². The van der Waals surface area contributed by atoms with Gasteiger partial charge in [0, 0.05) is 30.2 Å². The summed E-state index contributed by atoms with van der Waals surface area (Å²) in [5.41, 5.74) is 2.22. The van der Waals surface area contributed by atoms with Crippen LogP contribution in [0.1, 0.15) is 47.0 Å². The topological polar surface area (TPSA) is 40.0 Å². The fraction of sp³-hybridized carbons (Fsp3) is 0.625. The van der Waals surface area contributed by atoms with Crippen molar-refractivity contribution in [2.45, 2.75) is 53.0 Å². The smallest absolute Gasteiger partial charge is 0.131 e. The van der Waals surface area contributed by atoms with Crippen LogP contribution in [0.15, 0.2) is 34.0 Å². The number of hydrazone groups is 1. The van der Waals surface area contributed by atoms with Crippen LogP contribution in [0.3, 0.4) is 0 Å². The normalized spacial score (nSPS) is 17.7. The van der Waals surface area contributed by atoms with E-state index in [-0.39, 0.29) is 0 Å². The number of aliphatic imine (C=N–C) groups is 1. The number of hydrogen-bond acceptors (Lipinski definition) is 4. The first-order valence-corrected chi connectivity index (χ1v) is 7.53. The lowest BCUT2D eigenvalue weighted by Crippen LogP contribution is -2.25. The minimum absolute atomic E-state index is 0.429. The average molecular weight is 276 g/mol. The molecule has 4 nitrogen and oxygen atoms in total. The zero-order valence-corrected chi connectivity index (χ0v) is 13.3. The van der Waals surface area contributed by atoms with E-state index in [2.05, 4.69) is 54.4 Å². The van der Waals surface area contributed by atoms with Crippen LogP contribution in [0, 0.1) is 0 Å². The van der Waals surface area contributed by atoms with Crippen LogP contribution >= 0.6 is 0 Å². The highest BCUT2D eigenvalue weighted by Gasteiger charge is 2.06. The average Bonchev–Trinajstić information content (AvgIpc) is 2.41. The molecule has 0 aromatic heterocycles. The first-order chi connectivity index (χ1) is 9.63. The lowest BCUT2D eigenvalue weighted by Gasteiger charge is -2.21. The molecule has 1 rings (SSSR count). The first-order valence-electron chi connectivity index (χ1n) is 7.53. The second kappa shape index (κ2) is 9.48. The Morgan fingerprint density at radius 3 is 2.95 bits per heavy atom. The lowest BCUT2D eigenvalue weighted by atomic mass is 10.2. The van der Waals surface area contributed by atoms with Gasteiger partial charge in [0.25, 0.3) is 0 Å². The van der Waals surface area contributed by atoms with Gasteiger partial charge >= 0.3 is 0 Å². The van der Waals surface area contributed by atoms with Crippen molar-refractivity contribution in [2.75, 3.05) is 13.2 Å². The molecule has 1 heterocycles. The van der Waals surface area contributed by atoms with Gasteiger partial charge in [0.2, 0.25) is 0 Å². The molecule has 0 spiro atoms. The molecule has 0 fully saturated rings. The summed E-state index contributed by atoms with van der Waals surface area (Å²) in [7, 11) is 0. The second-order valence-corrected chi connectivity index (χ2v) is 5.17. The molecule has 0 aromatic carbocycles. The highest BCUT2D eigenvalue weighted by Crippen LogP contribution is 2.09. The molecule has 1 atom stereocenters. The van der Waals surface area contributed by atoms with Crippen molar-refractivity contribution in [1.29, 1.82) is 0 Å². The molecule has 0 aromatic rings. The molecule has 0 saturated carbocycles. The third-order valence-electron chi connectivity index (χ3n) is 3.12. The number of nitrogens with zero attached hydrogens (tertiary/aromatic N) is 3. The fourth-order valence-corrected chi connectivity index (χ4v) is 1.91. The maximum Gasteiger partial charge on any atom is 0.131 e. The summed E-state index contributed by atoms with van der Waals surface area (Å²) < 4.78 is 0. The van der Waals surface area contributed by atoms with Gasteiger partial charge in [-0.25, -0.2) is 5.01 Å². The number of rotatable bonds is 8. The molecule has 112 valence electrons. The van der Waals surface area contributed by atoms with Crippen molar-refractivity contribution in [1.82, 2.24) is 10.3 Å². The van der Waals surface area contributed by atoms with Gasteiger partial charge in [-0.1, -0.05) is 25.5 Å². The van der Waals surface area contributed by atoms with Crippen LogP contribution in [0.2, 0.25) is 0 Å². The molecule has 1 aliphatic heterocycles. The van der Waals surface area contributed by atoms with Crippen LogP contribution in [0.5, 0.6) is 0 Å². The summed E-state index contributed by atoms with van der Waals surface area (Å²) in [4.78, 5) is 4.36. The Labute approximate surface area is 123 Å². The predicted molar refractivity (Wildman–Crippen MR) is 88.2 cm³/mol. The Hall–Kier alpha value is -1.42. The monoisotopic (exact) mass is 276 g/mol. The molecule has 0 radical (unpaired) electrons. The van der Waals surface area contributed by atoms with Crippen molar-refractivity contribution in [3.63, 3.8) is 0 Å². The fourth-order valence-electron chi connectivity index (χ4n) is 1.91. The van der Waals surface area contributed by atoms with E-state index in [1.54, 1.807) is 0 Å². The van der Waals surface area contributed by atoms with E-state index in [0.717, 1.165) is 30.8 Å². The molecular formula is C16H28N4. The van der Waals surface area contributed by atoms with Crippen molar-refractivity contribution >= 4 is 11.9 Å². The number of unbranched alkanes of at least 4 members (excludes halogenated alkanes) is 1. The van der Waals surface area contributed by atoms with Crippen molar-refractivity contribution < 1.29 is 0 Å². The molecule has 0 saturated heterocycles. The zero-order valence-electron chi connectivity index (χ0n) is 13.3. The number of nitrogens with one attached hydrogen (secondary N) is 1. The largest absolute Gasteiger partial charge is 0.310 e. The van der Waals surface area contributed by atoms with Crippen LogP contribution in [-0.2, 0) is 0 Å². The minimum Gasteiger partial charge on any atom is -0.310 e. The van der Waals surface area contributed by atoms with Crippen LogP contribution in [0.4, 0.5) is 0 Å². The molecule has 1 N–H and O–H groups in total. The second-order valence-electron chi connectivity index (χ2n) is 5.17. The van der Waals surface area contributed by atoms with Gasteiger partial charge in [0.15, 0.2) is 0 Å². The van der Waals surface area contributed by atoms with Crippen molar-refractivity contribution in [3.8, 4) is 0 Å². The molecule has 20 heavy (non-hydrogen) atoms. The van der Waals surface area contributed by atoms with E-state index in [0.29, 0.717) is 12.7 Å². The third-order valence-corrected chi connectivity index (χ3v) is 3.12. The molecule has 0 aliphatic carbocycles. The Kier molecular flexibility index (Phi) is 7.88. The van der Waals surface area contributed by atoms with Gasteiger partial charge < -0.3 is 5.32 Å². The van der Waals surface area contributed by atoms with Gasteiger partial charge in [0.05, 0.1) is 0 Å².